The fourth-order valence-corrected chi connectivity index (χ4v) is 4.66. The van der Waals surface area contributed by atoms with E-state index in [1.165, 1.54) is 22.5 Å². The zero-order chi connectivity index (χ0) is 20.3. The first kappa shape index (κ1) is 21.2. The minimum Gasteiger partial charge on any atom is -0.482 e. The van der Waals surface area contributed by atoms with Gasteiger partial charge < -0.3 is 9.30 Å². The third-order valence-electron chi connectivity index (χ3n) is 4.28. The summed E-state index contributed by atoms with van der Waals surface area (Å²) in [4.78, 5) is 17.4. The first-order valence-electron chi connectivity index (χ1n) is 8.64. The normalized spacial score (nSPS) is 12.0. The van der Waals surface area contributed by atoms with Gasteiger partial charge >= 0.3 is 0 Å². The number of nitrogens with zero attached hydrogens (tertiary/aromatic N) is 2. The van der Waals surface area contributed by atoms with Crippen LogP contribution in [0.25, 0.3) is 10.2 Å². The van der Waals surface area contributed by atoms with Gasteiger partial charge in [0.25, 0.3) is 5.91 Å². The number of hydrogen-bond acceptors (Lipinski definition) is 4. The third kappa shape index (κ3) is 4.92. The molecule has 2 aromatic carbocycles. The lowest BCUT2D eigenvalue weighted by Crippen LogP contribution is -2.20. The van der Waals surface area contributed by atoms with Crippen molar-refractivity contribution in [2.24, 2.45) is 4.99 Å². The Labute approximate surface area is 182 Å². The number of thioether (sulfide) groups is 1. The van der Waals surface area contributed by atoms with Crippen LogP contribution in [0.5, 0.6) is 5.75 Å². The molecule has 0 fully saturated rings. The first-order valence-corrected chi connectivity index (χ1v) is 11.6. The van der Waals surface area contributed by atoms with Crippen molar-refractivity contribution in [2.45, 2.75) is 20.4 Å². The molecule has 1 heterocycles. The van der Waals surface area contributed by atoms with Gasteiger partial charge in [-0.15, -0.1) is 0 Å². The van der Waals surface area contributed by atoms with Crippen molar-refractivity contribution in [1.29, 1.82) is 0 Å². The molecule has 0 saturated carbocycles. The number of rotatable bonds is 6. The summed E-state index contributed by atoms with van der Waals surface area (Å²) in [5, 5.41) is 0.877. The van der Waals surface area contributed by atoms with Gasteiger partial charge in [0.1, 0.15) is 5.75 Å². The molecule has 28 heavy (non-hydrogen) atoms. The molecule has 0 atom stereocenters. The van der Waals surface area contributed by atoms with Crippen LogP contribution in [-0.4, -0.2) is 29.1 Å². The van der Waals surface area contributed by atoms with Crippen LogP contribution >= 0.6 is 46.3 Å². The number of carbonyl (C=O) groups is 1. The summed E-state index contributed by atoms with van der Waals surface area (Å²) >= 11 is 15.2. The van der Waals surface area contributed by atoms with E-state index in [0.29, 0.717) is 20.6 Å². The molecule has 0 radical (unpaired) electrons. The lowest BCUT2D eigenvalue weighted by atomic mass is 10.1. The van der Waals surface area contributed by atoms with E-state index in [9.17, 15) is 4.79 Å². The second kappa shape index (κ2) is 9.35. The van der Waals surface area contributed by atoms with E-state index in [1.807, 2.05) is 0 Å². The second-order valence-electron chi connectivity index (χ2n) is 6.30. The van der Waals surface area contributed by atoms with E-state index in [2.05, 4.69) is 41.8 Å². The highest BCUT2D eigenvalue weighted by atomic mass is 35.5. The van der Waals surface area contributed by atoms with Crippen molar-refractivity contribution in [3.05, 3.63) is 56.3 Å². The minimum atomic E-state index is -0.357. The van der Waals surface area contributed by atoms with E-state index in [0.717, 1.165) is 22.5 Å². The number of thiazole rings is 1. The van der Waals surface area contributed by atoms with Gasteiger partial charge in [0.2, 0.25) is 0 Å². The fourth-order valence-electron chi connectivity index (χ4n) is 2.68. The molecule has 1 aromatic heterocycles. The van der Waals surface area contributed by atoms with Crippen LogP contribution in [0.2, 0.25) is 10.0 Å². The number of aromatic nitrogens is 1. The molecule has 0 aliphatic carbocycles. The molecule has 4 nitrogen and oxygen atoms in total. The Morgan fingerprint density at radius 2 is 1.96 bits per heavy atom. The zero-order valence-corrected chi connectivity index (χ0v) is 18.9. The number of hydrogen-bond donors (Lipinski definition) is 0. The number of fused-ring (bicyclic) bond motifs is 1. The van der Waals surface area contributed by atoms with Gasteiger partial charge in [-0.1, -0.05) is 34.5 Å². The standard InChI is InChI=1S/C20H20Cl2N2O2S2/c1-12-8-16-18(9-13(12)2)28-20(24(16)6-7-27-3)23-19(25)11-26-17-5-4-14(21)10-15(17)22/h4-5,8-10H,6-7,11H2,1-3H3. The smallest absolute Gasteiger partial charge is 0.286 e. The van der Waals surface area contributed by atoms with Crippen molar-refractivity contribution in [3.63, 3.8) is 0 Å². The summed E-state index contributed by atoms with van der Waals surface area (Å²) < 4.78 is 8.75. The molecule has 0 aliphatic heterocycles. The quantitative estimate of drug-likeness (QED) is 0.493. The van der Waals surface area contributed by atoms with Crippen molar-refractivity contribution in [3.8, 4) is 5.75 Å². The Balaban J connectivity index is 1.89. The number of benzene rings is 2. The maximum absolute atomic E-state index is 12.4. The van der Waals surface area contributed by atoms with Gasteiger partial charge in [-0.3, -0.25) is 4.79 Å². The maximum Gasteiger partial charge on any atom is 0.286 e. The van der Waals surface area contributed by atoms with Crippen LogP contribution < -0.4 is 9.54 Å². The number of halogens is 2. The van der Waals surface area contributed by atoms with E-state index in [4.69, 9.17) is 27.9 Å². The number of carbonyl (C=O) groups excluding carboxylic acids is 1. The summed E-state index contributed by atoms with van der Waals surface area (Å²) in [5.74, 6) is 0.994. The highest BCUT2D eigenvalue weighted by Crippen LogP contribution is 2.27. The summed E-state index contributed by atoms with van der Waals surface area (Å²) in [6.07, 6.45) is 2.07. The van der Waals surface area contributed by atoms with Crippen molar-refractivity contribution >= 4 is 62.4 Å². The van der Waals surface area contributed by atoms with Crippen LogP contribution in [0, 0.1) is 13.8 Å². The summed E-state index contributed by atoms with van der Waals surface area (Å²) in [7, 11) is 0. The van der Waals surface area contributed by atoms with Crippen LogP contribution in [0.3, 0.4) is 0 Å². The lowest BCUT2D eigenvalue weighted by Gasteiger charge is -2.07. The van der Waals surface area contributed by atoms with Crippen molar-refractivity contribution < 1.29 is 9.53 Å². The van der Waals surface area contributed by atoms with E-state index in [1.54, 1.807) is 30.0 Å². The molecular weight excluding hydrogens is 435 g/mol. The first-order chi connectivity index (χ1) is 13.4. The predicted molar refractivity (Wildman–Crippen MR) is 120 cm³/mol. The van der Waals surface area contributed by atoms with Crippen LogP contribution in [0.15, 0.2) is 35.3 Å². The van der Waals surface area contributed by atoms with Crippen LogP contribution in [0.1, 0.15) is 11.1 Å². The minimum absolute atomic E-state index is 0.184. The Hall–Kier alpha value is -1.47. The molecule has 1 amide bonds. The fraction of sp³-hybridized carbons (Fsp3) is 0.300. The molecule has 148 valence electrons. The molecule has 3 rings (SSSR count). The van der Waals surface area contributed by atoms with E-state index < -0.39 is 0 Å². The molecule has 0 saturated heterocycles. The van der Waals surface area contributed by atoms with Gasteiger partial charge in [-0.05, 0) is 61.6 Å². The Morgan fingerprint density at radius 1 is 1.21 bits per heavy atom. The topological polar surface area (TPSA) is 43.6 Å². The van der Waals surface area contributed by atoms with Crippen molar-refractivity contribution in [2.75, 3.05) is 18.6 Å². The summed E-state index contributed by atoms with van der Waals surface area (Å²) in [5.41, 5.74) is 3.56. The summed E-state index contributed by atoms with van der Waals surface area (Å²) in [6.45, 7) is 4.79. The van der Waals surface area contributed by atoms with E-state index in [-0.39, 0.29) is 12.5 Å². The monoisotopic (exact) mass is 454 g/mol. The van der Waals surface area contributed by atoms with Gasteiger partial charge in [-0.2, -0.15) is 16.8 Å². The molecule has 0 bridgehead atoms. The Bertz CT molecular complexity index is 1090. The zero-order valence-electron chi connectivity index (χ0n) is 15.8. The van der Waals surface area contributed by atoms with Gasteiger partial charge in [0.15, 0.2) is 11.4 Å². The lowest BCUT2D eigenvalue weighted by molar-refractivity contribution is -0.120. The average Bonchev–Trinajstić information content (AvgIpc) is 2.95. The largest absolute Gasteiger partial charge is 0.482 e. The average molecular weight is 455 g/mol. The molecule has 0 aliphatic rings. The molecule has 0 N–H and O–H groups in total. The number of aryl methyl sites for hydroxylation is 3. The molecule has 0 spiro atoms. The summed E-state index contributed by atoms with van der Waals surface area (Å²) in [6, 6.07) is 9.19. The molecule has 8 heteroatoms. The maximum atomic E-state index is 12.4. The third-order valence-corrected chi connectivity index (χ3v) is 6.45. The number of ether oxygens (including phenoxy) is 1. The highest BCUT2D eigenvalue weighted by molar-refractivity contribution is 7.98. The van der Waals surface area contributed by atoms with Gasteiger partial charge in [0.05, 0.1) is 15.2 Å². The molecular formula is C20H20Cl2N2O2S2. The van der Waals surface area contributed by atoms with E-state index >= 15 is 0 Å². The predicted octanol–water partition coefficient (Wildman–Crippen LogP) is 5.50. The Morgan fingerprint density at radius 3 is 2.68 bits per heavy atom. The van der Waals surface area contributed by atoms with Crippen molar-refractivity contribution in [1.82, 2.24) is 4.57 Å². The SMILES string of the molecule is CSCCn1c(=NC(=O)COc2ccc(Cl)cc2Cl)sc2cc(C)c(C)cc21. The molecule has 3 aromatic rings. The van der Waals surface area contributed by atoms with Crippen LogP contribution in [-0.2, 0) is 11.3 Å². The Kier molecular flexibility index (Phi) is 7.10. The van der Waals surface area contributed by atoms with Gasteiger partial charge in [0, 0.05) is 17.3 Å². The molecule has 0 unspecified atom stereocenters. The number of amides is 1. The highest BCUT2D eigenvalue weighted by Gasteiger charge is 2.11. The van der Waals surface area contributed by atoms with Crippen LogP contribution in [0.4, 0.5) is 0 Å². The van der Waals surface area contributed by atoms with Gasteiger partial charge in [-0.25, -0.2) is 0 Å². The second-order valence-corrected chi connectivity index (χ2v) is 9.14.